The normalized spacial score (nSPS) is 10.5. The molecular formula is C19H23NOS. The maximum Gasteiger partial charge on any atom is 0.224 e. The van der Waals surface area contributed by atoms with Crippen molar-refractivity contribution in [2.75, 3.05) is 11.1 Å². The number of amides is 1. The van der Waals surface area contributed by atoms with Crippen molar-refractivity contribution in [2.45, 2.75) is 32.4 Å². The summed E-state index contributed by atoms with van der Waals surface area (Å²) in [5.74, 6) is 2.13. The Bertz CT molecular complexity index is 610. The molecule has 0 fully saturated rings. The van der Waals surface area contributed by atoms with Crippen LogP contribution in [0.1, 0.15) is 29.5 Å². The first-order valence-electron chi connectivity index (χ1n) is 7.64. The summed E-state index contributed by atoms with van der Waals surface area (Å²) in [5.41, 5.74) is 4.55. The summed E-state index contributed by atoms with van der Waals surface area (Å²) >= 11 is 1.88. The topological polar surface area (TPSA) is 29.1 Å². The fraction of sp³-hybridized carbons (Fsp3) is 0.316. The minimum absolute atomic E-state index is 0.106. The van der Waals surface area contributed by atoms with E-state index in [4.69, 9.17) is 0 Å². The van der Waals surface area contributed by atoms with E-state index in [2.05, 4.69) is 35.6 Å². The summed E-state index contributed by atoms with van der Waals surface area (Å²) in [4.78, 5) is 12.0. The zero-order valence-electron chi connectivity index (χ0n) is 13.3. The molecule has 0 aliphatic heterocycles. The van der Waals surface area contributed by atoms with Gasteiger partial charge in [0, 0.05) is 17.9 Å². The minimum atomic E-state index is 0.106. The van der Waals surface area contributed by atoms with E-state index in [0.717, 1.165) is 29.2 Å². The number of hydrogen-bond acceptors (Lipinski definition) is 2. The van der Waals surface area contributed by atoms with Gasteiger partial charge in [-0.1, -0.05) is 42.5 Å². The second-order valence-corrected chi connectivity index (χ2v) is 6.61. The molecular weight excluding hydrogens is 290 g/mol. The van der Waals surface area contributed by atoms with Crippen molar-refractivity contribution in [1.82, 2.24) is 0 Å². The third-order valence-corrected chi connectivity index (χ3v) is 4.59. The van der Waals surface area contributed by atoms with Crippen molar-refractivity contribution < 1.29 is 4.79 Å². The quantitative estimate of drug-likeness (QED) is 0.732. The van der Waals surface area contributed by atoms with E-state index in [1.54, 1.807) is 0 Å². The lowest BCUT2D eigenvalue weighted by Crippen LogP contribution is -2.12. The van der Waals surface area contributed by atoms with Crippen LogP contribution < -0.4 is 5.32 Å². The van der Waals surface area contributed by atoms with E-state index in [-0.39, 0.29) is 5.91 Å². The Labute approximate surface area is 137 Å². The number of carbonyl (C=O) groups is 1. The number of benzene rings is 2. The number of carbonyl (C=O) groups excluding carboxylic acids is 1. The molecule has 2 rings (SSSR count). The molecule has 0 heterocycles. The average Bonchev–Trinajstić information content (AvgIpc) is 2.51. The van der Waals surface area contributed by atoms with Crippen molar-refractivity contribution in [3.8, 4) is 0 Å². The Morgan fingerprint density at radius 3 is 2.64 bits per heavy atom. The average molecular weight is 313 g/mol. The van der Waals surface area contributed by atoms with Gasteiger partial charge in [0.1, 0.15) is 0 Å². The molecule has 0 unspecified atom stereocenters. The summed E-state index contributed by atoms with van der Waals surface area (Å²) < 4.78 is 0. The molecule has 0 atom stereocenters. The molecule has 2 aromatic carbocycles. The zero-order chi connectivity index (χ0) is 15.8. The van der Waals surface area contributed by atoms with Gasteiger partial charge in [-0.3, -0.25) is 4.79 Å². The molecule has 1 amide bonds. The summed E-state index contributed by atoms with van der Waals surface area (Å²) in [6.45, 7) is 4.06. The molecule has 0 saturated heterocycles. The maximum absolute atomic E-state index is 12.0. The first kappa shape index (κ1) is 16.6. The van der Waals surface area contributed by atoms with Crippen molar-refractivity contribution in [3.63, 3.8) is 0 Å². The Balaban J connectivity index is 1.66. The van der Waals surface area contributed by atoms with Gasteiger partial charge >= 0.3 is 0 Å². The predicted octanol–water partition coefficient (Wildman–Crippen LogP) is 4.96. The van der Waals surface area contributed by atoms with Crippen LogP contribution in [0.4, 0.5) is 5.69 Å². The number of anilines is 1. The molecule has 0 spiro atoms. The highest BCUT2D eigenvalue weighted by Crippen LogP contribution is 2.17. The van der Waals surface area contributed by atoms with Crippen LogP contribution in [0.3, 0.4) is 0 Å². The highest BCUT2D eigenvalue weighted by atomic mass is 32.2. The molecule has 1 N–H and O–H groups in total. The van der Waals surface area contributed by atoms with Crippen LogP contribution in [0.2, 0.25) is 0 Å². The van der Waals surface area contributed by atoms with Crippen LogP contribution in [0.15, 0.2) is 48.5 Å². The molecule has 0 bridgehead atoms. The SMILES string of the molecule is Cc1ccc(C)c(NC(=O)CCCSCc2ccccc2)c1. The lowest BCUT2D eigenvalue weighted by molar-refractivity contribution is -0.116. The summed E-state index contributed by atoms with van der Waals surface area (Å²) in [6.07, 6.45) is 1.49. The number of hydrogen-bond donors (Lipinski definition) is 1. The van der Waals surface area contributed by atoms with Crippen LogP contribution >= 0.6 is 11.8 Å². The van der Waals surface area contributed by atoms with Crippen LogP contribution in [0.5, 0.6) is 0 Å². The van der Waals surface area contributed by atoms with Gasteiger partial charge in [0.15, 0.2) is 0 Å². The molecule has 3 heteroatoms. The van der Waals surface area contributed by atoms with Crippen LogP contribution in [0.25, 0.3) is 0 Å². The molecule has 0 radical (unpaired) electrons. The van der Waals surface area contributed by atoms with Gasteiger partial charge in [-0.15, -0.1) is 0 Å². The van der Waals surface area contributed by atoms with Gasteiger partial charge in [-0.2, -0.15) is 11.8 Å². The molecule has 0 saturated carbocycles. The number of aryl methyl sites for hydroxylation is 2. The smallest absolute Gasteiger partial charge is 0.224 e. The molecule has 22 heavy (non-hydrogen) atoms. The van der Waals surface area contributed by atoms with Gasteiger partial charge in [-0.25, -0.2) is 0 Å². The van der Waals surface area contributed by atoms with E-state index in [9.17, 15) is 4.79 Å². The van der Waals surface area contributed by atoms with E-state index in [1.807, 2.05) is 43.8 Å². The van der Waals surface area contributed by atoms with Gasteiger partial charge in [0.25, 0.3) is 0 Å². The first-order valence-corrected chi connectivity index (χ1v) is 8.79. The molecule has 0 aliphatic rings. The van der Waals surface area contributed by atoms with E-state index >= 15 is 0 Å². The Morgan fingerprint density at radius 2 is 1.86 bits per heavy atom. The standard InChI is InChI=1S/C19H23NOS/c1-15-10-11-16(2)18(13-15)20-19(21)9-6-12-22-14-17-7-4-3-5-8-17/h3-5,7-8,10-11,13H,6,9,12,14H2,1-2H3,(H,20,21). The number of thioether (sulfide) groups is 1. The van der Waals surface area contributed by atoms with E-state index in [1.165, 1.54) is 11.1 Å². The maximum atomic E-state index is 12.0. The summed E-state index contributed by atoms with van der Waals surface area (Å²) in [6, 6.07) is 16.6. The van der Waals surface area contributed by atoms with E-state index in [0.29, 0.717) is 6.42 Å². The zero-order valence-corrected chi connectivity index (χ0v) is 14.1. The third-order valence-electron chi connectivity index (χ3n) is 3.47. The van der Waals surface area contributed by atoms with Crippen molar-refractivity contribution in [2.24, 2.45) is 0 Å². The third kappa shape index (κ3) is 5.57. The van der Waals surface area contributed by atoms with Crippen LogP contribution in [-0.2, 0) is 10.5 Å². The molecule has 0 aromatic heterocycles. The van der Waals surface area contributed by atoms with Crippen molar-refractivity contribution >= 4 is 23.4 Å². The van der Waals surface area contributed by atoms with Gasteiger partial charge < -0.3 is 5.32 Å². The number of nitrogens with one attached hydrogen (secondary N) is 1. The van der Waals surface area contributed by atoms with E-state index < -0.39 is 0 Å². The lowest BCUT2D eigenvalue weighted by Gasteiger charge is -2.09. The molecule has 2 nitrogen and oxygen atoms in total. The van der Waals surface area contributed by atoms with Crippen LogP contribution in [-0.4, -0.2) is 11.7 Å². The fourth-order valence-electron chi connectivity index (χ4n) is 2.18. The Hall–Kier alpha value is -1.74. The second-order valence-electron chi connectivity index (χ2n) is 5.51. The van der Waals surface area contributed by atoms with Crippen molar-refractivity contribution in [1.29, 1.82) is 0 Å². The minimum Gasteiger partial charge on any atom is -0.326 e. The molecule has 0 aliphatic carbocycles. The largest absolute Gasteiger partial charge is 0.326 e. The fourth-order valence-corrected chi connectivity index (χ4v) is 3.10. The lowest BCUT2D eigenvalue weighted by atomic mass is 10.1. The highest BCUT2D eigenvalue weighted by Gasteiger charge is 2.05. The highest BCUT2D eigenvalue weighted by molar-refractivity contribution is 7.98. The van der Waals surface area contributed by atoms with Gasteiger partial charge in [0.2, 0.25) is 5.91 Å². The molecule has 2 aromatic rings. The van der Waals surface area contributed by atoms with Gasteiger partial charge in [0.05, 0.1) is 0 Å². The Morgan fingerprint density at radius 1 is 1.09 bits per heavy atom. The monoisotopic (exact) mass is 313 g/mol. The summed E-state index contributed by atoms with van der Waals surface area (Å²) in [5, 5.41) is 3.01. The molecule has 116 valence electrons. The second kappa shape index (κ2) is 8.64. The van der Waals surface area contributed by atoms with Crippen LogP contribution in [0, 0.1) is 13.8 Å². The number of rotatable bonds is 7. The van der Waals surface area contributed by atoms with Crippen molar-refractivity contribution in [3.05, 3.63) is 65.2 Å². The summed E-state index contributed by atoms with van der Waals surface area (Å²) in [7, 11) is 0. The first-order chi connectivity index (χ1) is 10.6. The van der Waals surface area contributed by atoms with Gasteiger partial charge in [-0.05, 0) is 48.8 Å². The Kier molecular flexibility index (Phi) is 6.53. The predicted molar refractivity (Wildman–Crippen MR) is 96.4 cm³/mol.